The van der Waals surface area contributed by atoms with Gasteiger partial charge in [0.05, 0.1) is 11.1 Å². The molecule has 2 aromatic heterocycles. The van der Waals surface area contributed by atoms with E-state index in [1.807, 2.05) is 13.0 Å². The number of thiophene rings is 1. The molecule has 0 radical (unpaired) electrons. The zero-order valence-corrected chi connectivity index (χ0v) is 17.2. The lowest BCUT2D eigenvalue weighted by Gasteiger charge is -2.11. The highest BCUT2D eigenvalue weighted by Gasteiger charge is 2.19. The van der Waals surface area contributed by atoms with Gasteiger partial charge < -0.3 is 0 Å². The number of nitrogens with one attached hydrogen (secondary N) is 1. The Kier molecular flexibility index (Phi) is 4.82. The first-order chi connectivity index (χ1) is 14.3. The van der Waals surface area contributed by atoms with Crippen molar-refractivity contribution in [3.63, 3.8) is 0 Å². The summed E-state index contributed by atoms with van der Waals surface area (Å²) in [5.41, 5.74) is 9.08. The second-order valence-electron chi connectivity index (χ2n) is 7.37. The van der Waals surface area contributed by atoms with Gasteiger partial charge in [-0.25, -0.2) is 9.97 Å². The van der Waals surface area contributed by atoms with Crippen LogP contribution in [0.5, 0.6) is 0 Å². The minimum atomic E-state index is 0.814. The Balaban J connectivity index is 1.41. The van der Waals surface area contributed by atoms with E-state index in [9.17, 15) is 0 Å². The summed E-state index contributed by atoms with van der Waals surface area (Å²) in [4.78, 5) is 11.5. The third-order valence-corrected chi connectivity index (χ3v) is 6.69. The van der Waals surface area contributed by atoms with Gasteiger partial charge in [0.25, 0.3) is 0 Å². The Hall–Kier alpha value is -3.05. The predicted molar refractivity (Wildman–Crippen MR) is 122 cm³/mol. The van der Waals surface area contributed by atoms with E-state index in [1.54, 1.807) is 17.7 Å². The highest BCUT2D eigenvalue weighted by Crippen LogP contribution is 2.38. The van der Waals surface area contributed by atoms with Crippen molar-refractivity contribution in [3.05, 3.63) is 76.9 Å². The number of hydrogen-bond acceptors (Lipinski definition) is 5. The molecule has 0 fully saturated rings. The van der Waals surface area contributed by atoms with E-state index >= 15 is 0 Å². The van der Waals surface area contributed by atoms with Crippen molar-refractivity contribution in [2.75, 3.05) is 5.43 Å². The minimum absolute atomic E-state index is 0.814. The van der Waals surface area contributed by atoms with Crippen molar-refractivity contribution in [1.29, 1.82) is 0 Å². The summed E-state index contributed by atoms with van der Waals surface area (Å²) in [6.07, 6.45) is 6.41. The molecule has 0 bridgehead atoms. The minimum Gasteiger partial charge on any atom is -0.260 e. The number of hydrogen-bond donors (Lipinski definition) is 1. The maximum Gasteiger partial charge on any atom is 0.158 e. The van der Waals surface area contributed by atoms with Gasteiger partial charge in [0.2, 0.25) is 0 Å². The fraction of sp³-hybridized carbons (Fsp3) is 0.208. The van der Waals surface area contributed by atoms with Crippen LogP contribution in [0.4, 0.5) is 5.82 Å². The van der Waals surface area contributed by atoms with Crippen molar-refractivity contribution in [1.82, 2.24) is 9.97 Å². The summed E-state index contributed by atoms with van der Waals surface area (Å²) in [6, 6.07) is 18.9. The third kappa shape index (κ3) is 3.54. The number of rotatable bonds is 4. The Morgan fingerprint density at radius 1 is 0.931 bits per heavy atom. The Labute approximate surface area is 174 Å². The molecule has 2 aromatic carbocycles. The molecule has 0 amide bonds. The molecule has 5 heteroatoms. The normalized spacial score (nSPS) is 14.0. The molecule has 0 unspecified atom stereocenters. The standard InChI is InChI=1S/C24H22N4S/c1-16(17-11-13-19(14-12-17)18-7-3-2-4-8-18)27-28-23-22-20-9-5-6-10-21(20)29-24(22)26-15-25-23/h2-4,7-8,11-15H,5-6,9-10H2,1H3,(H,25,26,28). The summed E-state index contributed by atoms with van der Waals surface area (Å²) < 4.78 is 0. The smallest absolute Gasteiger partial charge is 0.158 e. The molecular weight excluding hydrogens is 376 g/mol. The molecule has 144 valence electrons. The fourth-order valence-corrected chi connectivity index (χ4v) is 5.14. The maximum absolute atomic E-state index is 4.63. The number of aryl methyl sites for hydroxylation is 2. The van der Waals surface area contributed by atoms with Crippen LogP contribution >= 0.6 is 11.3 Å². The average molecular weight is 399 g/mol. The summed E-state index contributed by atoms with van der Waals surface area (Å²) in [5.74, 6) is 0.814. The fourth-order valence-electron chi connectivity index (χ4n) is 3.91. The summed E-state index contributed by atoms with van der Waals surface area (Å²) >= 11 is 1.80. The zero-order valence-electron chi connectivity index (χ0n) is 16.4. The zero-order chi connectivity index (χ0) is 19.6. The lowest BCUT2D eigenvalue weighted by atomic mass is 9.97. The third-order valence-electron chi connectivity index (χ3n) is 5.49. The van der Waals surface area contributed by atoms with Crippen molar-refractivity contribution in [3.8, 4) is 11.1 Å². The van der Waals surface area contributed by atoms with E-state index in [4.69, 9.17) is 0 Å². The molecule has 4 aromatic rings. The van der Waals surface area contributed by atoms with Gasteiger partial charge in [0, 0.05) is 4.88 Å². The molecule has 0 saturated carbocycles. The van der Waals surface area contributed by atoms with Crippen molar-refractivity contribution < 1.29 is 0 Å². The van der Waals surface area contributed by atoms with Crippen molar-refractivity contribution in [2.45, 2.75) is 32.6 Å². The van der Waals surface area contributed by atoms with Crippen LogP contribution in [0.2, 0.25) is 0 Å². The van der Waals surface area contributed by atoms with Crippen LogP contribution in [0.1, 0.15) is 35.8 Å². The Bertz CT molecular complexity index is 1180. The van der Waals surface area contributed by atoms with Gasteiger partial charge >= 0.3 is 0 Å². The quantitative estimate of drug-likeness (QED) is 0.335. The largest absolute Gasteiger partial charge is 0.260 e. The van der Waals surface area contributed by atoms with Crippen LogP contribution in [0.25, 0.3) is 21.3 Å². The van der Waals surface area contributed by atoms with E-state index in [-0.39, 0.29) is 0 Å². The number of aromatic nitrogens is 2. The first-order valence-electron chi connectivity index (χ1n) is 10.0. The van der Waals surface area contributed by atoms with E-state index in [2.05, 4.69) is 69.0 Å². The van der Waals surface area contributed by atoms with Crippen LogP contribution < -0.4 is 5.43 Å². The molecular formula is C24H22N4S. The van der Waals surface area contributed by atoms with Gasteiger partial charge in [-0.15, -0.1) is 11.3 Å². The monoisotopic (exact) mass is 398 g/mol. The highest BCUT2D eigenvalue weighted by molar-refractivity contribution is 7.19. The topological polar surface area (TPSA) is 50.2 Å². The molecule has 0 spiro atoms. The number of benzene rings is 2. The lowest BCUT2D eigenvalue weighted by Crippen LogP contribution is -2.03. The van der Waals surface area contributed by atoms with E-state index in [0.29, 0.717) is 0 Å². The summed E-state index contributed by atoms with van der Waals surface area (Å²) in [6.45, 7) is 2.02. The number of hydrazone groups is 1. The van der Waals surface area contributed by atoms with Crippen molar-refractivity contribution in [2.24, 2.45) is 5.10 Å². The maximum atomic E-state index is 4.63. The number of fused-ring (bicyclic) bond motifs is 3. The molecule has 29 heavy (non-hydrogen) atoms. The molecule has 0 saturated heterocycles. The van der Waals surface area contributed by atoms with Gasteiger partial charge in [-0.3, -0.25) is 5.43 Å². The molecule has 5 rings (SSSR count). The SMILES string of the molecule is CC(=NNc1ncnc2sc3c(c12)CCCC3)c1ccc(-c2ccccc2)cc1. The van der Waals surface area contributed by atoms with E-state index in [0.717, 1.165) is 40.2 Å². The lowest BCUT2D eigenvalue weighted by molar-refractivity contribution is 0.700. The van der Waals surface area contributed by atoms with Crippen LogP contribution in [0.3, 0.4) is 0 Å². The molecule has 0 aliphatic heterocycles. The van der Waals surface area contributed by atoms with Crippen molar-refractivity contribution >= 4 is 33.1 Å². The van der Waals surface area contributed by atoms with E-state index < -0.39 is 0 Å². The van der Waals surface area contributed by atoms with Gasteiger partial charge in [-0.1, -0.05) is 54.6 Å². The predicted octanol–water partition coefficient (Wildman–Crippen LogP) is 6.07. The first-order valence-corrected chi connectivity index (χ1v) is 10.8. The molecule has 4 nitrogen and oxygen atoms in total. The Morgan fingerprint density at radius 2 is 1.69 bits per heavy atom. The van der Waals surface area contributed by atoms with Gasteiger partial charge in [-0.2, -0.15) is 5.10 Å². The number of nitrogens with zero attached hydrogens (tertiary/aromatic N) is 3. The van der Waals surface area contributed by atoms with Crippen LogP contribution in [-0.4, -0.2) is 15.7 Å². The molecule has 2 heterocycles. The van der Waals surface area contributed by atoms with Crippen LogP contribution in [0.15, 0.2) is 66.0 Å². The molecule has 0 atom stereocenters. The van der Waals surface area contributed by atoms with Gasteiger partial charge in [-0.05, 0) is 54.9 Å². The molecule has 1 aliphatic rings. The average Bonchev–Trinajstić information content (AvgIpc) is 3.17. The highest BCUT2D eigenvalue weighted by atomic mass is 32.1. The first kappa shape index (κ1) is 18.0. The number of anilines is 1. The Morgan fingerprint density at radius 3 is 2.52 bits per heavy atom. The summed E-state index contributed by atoms with van der Waals surface area (Å²) in [7, 11) is 0. The van der Waals surface area contributed by atoms with Crippen LogP contribution in [0, 0.1) is 0 Å². The van der Waals surface area contributed by atoms with E-state index in [1.165, 1.54) is 34.4 Å². The van der Waals surface area contributed by atoms with Crippen LogP contribution in [-0.2, 0) is 12.8 Å². The van der Waals surface area contributed by atoms with Gasteiger partial charge in [0.1, 0.15) is 11.2 Å². The second-order valence-corrected chi connectivity index (χ2v) is 8.45. The van der Waals surface area contributed by atoms with Gasteiger partial charge in [0.15, 0.2) is 5.82 Å². The molecule has 1 aliphatic carbocycles. The second kappa shape index (κ2) is 7.76. The summed E-state index contributed by atoms with van der Waals surface area (Å²) in [5, 5.41) is 5.78. The molecule has 1 N–H and O–H groups in total.